The molecule has 19 heavy (non-hydrogen) atoms. The molecule has 2 atom stereocenters. The van der Waals surface area contributed by atoms with Gasteiger partial charge in [-0.2, -0.15) is 0 Å². The van der Waals surface area contributed by atoms with Crippen LogP contribution in [0.1, 0.15) is 43.6 Å². The van der Waals surface area contributed by atoms with Gasteiger partial charge in [0.05, 0.1) is 0 Å². The Morgan fingerprint density at radius 1 is 1.21 bits per heavy atom. The van der Waals surface area contributed by atoms with Crippen LogP contribution in [0.4, 0.5) is 0 Å². The van der Waals surface area contributed by atoms with Crippen LogP contribution < -0.4 is 0 Å². The quantitative estimate of drug-likeness (QED) is 0.698. The van der Waals surface area contributed by atoms with Crippen molar-refractivity contribution in [2.75, 3.05) is 0 Å². The zero-order chi connectivity index (χ0) is 13.7. The Hall–Kier alpha value is -1.63. The lowest BCUT2D eigenvalue weighted by Gasteiger charge is -2.40. The molecule has 1 aliphatic carbocycles. The van der Waals surface area contributed by atoms with Crippen LogP contribution in [0, 0.1) is 5.41 Å². The maximum atomic E-state index is 12.6. The molecule has 0 aliphatic heterocycles. The van der Waals surface area contributed by atoms with E-state index in [1.807, 2.05) is 30.4 Å². The second-order valence-corrected chi connectivity index (χ2v) is 5.40. The fraction of sp³-hybridized carbons (Fsp3) is 0.389. The Labute approximate surface area is 116 Å². The van der Waals surface area contributed by atoms with E-state index in [9.17, 15) is 4.79 Å². The van der Waals surface area contributed by atoms with Crippen molar-refractivity contribution < 1.29 is 4.79 Å². The Morgan fingerprint density at radius 2 is 1.95 bits per heavy atom. The van der Waals surface area contributed by atoms with Gasteiger partial charge in [-0.25, -0.2) is 0 Å². The number of allylic oxidation sites excluding steroid dienone is 2. The fourth-order valence-corrected chi connectivity index (χ4v) is 3.38. The van der Waals surface area contributed by atoms with Gasteiger partial charge in [0.15, 0.2) is 0 Å². The molecule has 1 aromatic rings. The van der Waals surface area contributed by atoms with E-state index >= 15 is 0 Å². The SMILES string of the molecule is C=CC[C@]1([C@@H](C=C)c2ccccc2)CCCCC1=O. The molecule has 1 aliphatic rings. The number of carbonyl (C=O) groups excluding carboxylic acids is 1. The van der Waals surface area contributed by atoms with Gasteiger partial charge in [-0.15, -0.1) is 13.2 Å². The van der Waals surface area contributed by atoms with Crippen LogP contribution in [-0.4, -0.2) is 5.78 Å². The van der Waals surface area contributed by atoms with Crippen LogP contribution in [0.3, 0.4) is 0 Å². The predicted octanol–water partition coefficient (Wildman–Crippen LogP) is 4.66. The lowest BCUT2D eigenvalue weighted by Crippen LogP contribution is -2.39. The van der Waals surface area contributed by atoms with Crippen molar-refractivity contribution in [1.82, 2.24) is 0 Å². The summed E-state index contributed by atoms with van der Waals surface area (Å²) in [5, 5.41) is 0. The summed E-state index contributed by atoms with van der Waals surface area (Å²) in [6.45, 7) is 7.85. The Balaban J connectivity index is 2.43. The fourth-order valence-electron chi connectivity index (χ4n) is 3.38. The molecule has 0 aromatic heterocycles. The molecule has 100 valence electrons. The molecule has 0 N–H and O–H groups in total. The standard InChI is InChI=1S/C18H22O/c1-3-13-18(14-9-8-12-17(18)19)16(4-2)15-10-6-5-7-11-15/h3-7,10-11,16H,1-2,8-9,12-14H2/t16-,18+/m0/s1. The Morgan fingerprint density at radius 3 is 2.53 bits per heavy atom. The van der Waals surface area contributed by atoms with Crippen LogP contribution in [0.2, 0.25) is 0 Å². The highest BCUT2D eigenvalue weighted by Gasteiger charge is 2.44. The number of Topliss-reactive ketones (excluding diaryl/α,β-unsaturated/α-hetero) is 1. The zero-order valence-electron chi connectivity index (χ0n) is 11.5. The van der Waals surface area contributed by atoms with Crippen molar-refractivity contribution in [3.63, 3.8) is 0 Å². The predicted molar refractivity (Wildman–Crippen MR) is 80.1 cm³/mol. The Bertz CT molecular complexity index is 460. The summed E-state index contributed by atoms with van der Waals surface area (Å²) in [5.74, 6) is 0.479. The summed E-state index contributed by atoms with van der Waals surface area (Å²) >= 11 is 0. The third kappa shape index (κ3) is 2.56. The van der Waals surface area contributed by atoms with Gasteiger partial charge in [0.25, 0.3) is 0 Å². The minimum Gasteiger partial charge on any atom is -0.299 e. The third-order valence-electron chi connectivity index (χ3n) is 4.33. The minimum absolute atomic E-state index is 0.0968. The van der Waals surface area contributed by atoms with E-state index in [1.54, 1.807) is 0 Å². The first kappa shape index (κ1) is 13.8. The monoisotopic (exact) mass is 254 g/mol. The average molecular weight is 254 g/mol. The largest absolute Gasteiger partial charge is 0.299 e. The highest BCUT2D eigenvalue weighted by atomic mass is 16.1. The molecule has 0 amide bonds. The average Bonchev–Trinajstić information content (AvgIpc) is 2.44. The van der Waals surface area contributed by atoms with Crippen LogP contribution in [0.5, 0.6) is 0 Å². The molecule has 1 aromatic carbocycles. The first-order chi connectivity index (χ1) is 9.24. The molecule has 2 rings (SSSR count). The molecule has 1 heteroatoms. The molecule has 0 heterocycles. The maximum absolute atomic E-state index is 12.6. The number of ketones is 1. The van der Waals surface area contributed by atoms with Crippen molar-refractivity contribution in [3.8, 4) is 0 Å². The molecule has 0 saturated heterocycles. The molecule has 0 bridgehead atoms. The number of carbonyl (C=O) groups is 1. The number of rotatable bonds is 5. The summed E-state index contributed by atoms with van der Waals surface area (Å²) in [7, 11) is 0. The molecular formula is C18H22O. The van der Waals surface area contributed by atoms with Crippen LogP contribution in [0.15, 0.2) is 55.6 Å². The summed E-state index contributed by atoms with van der Waals surface area (Å²) in [6, 6.07) is 10.3. The van der Waals surface area contributed by atoms with Gasteiger partial charge < -0.3 is 0 Å². The highest BCUT2D eigenvalue weighted by Crippen LogP contribution is 2.48. The number of hydrogen-bond donors (Lipinski definition) is 0. The van der Waals surface area contributed by atoms with Crippen molar-refractivity contribution in [2.24, 2.45) is 5.41 Å². The van der Waals surface area contributed by atoms with E-state index in [1.165, 1.54) is 5.56 Å². The summed E-state index contributed by atoms with van der Waals surface area (Å²) < 4.78 is 0. The first-order valence-electron chi connectivity index (χ1n) is 7.06. The minimum atomic E-state index is -0.316. The Kier molecular flexibility index (Phi) is 4.36. The highest BCUT2D eigenvalue weighted by molar-refractivity contribution is 5.87. The second kappa shape index (κ2) is 6.01. The van der Waals surface area contributed by atoms with Crippen LogP contribution in [-0.2, 0) is 4.79 Å². The van der Waals surface area contributed by atoms with Gasteiger partial charge in [0, 0.05) is 17.8 Å². The molecular weight excluding hydrogens is 232 g/mol. The zero-order valence-corrected chi connectivity index (χ0v) is 11.5. The van der Waals surface area contributed by atoms with Crippen molar-refractivity contribution in [2.45, 2.75) is 38.0 Å². The lowest BCUT2D eigenvalue weighted by atomic mass is 9.61. The molecule has 1 saturated carbocycles. The maximum Gasteiger partial charge on any atom is 0.140 e. The molecule has 0 radical (unpaired) electrons. The van der Waals surface area contributed by atoms with Crippen LogP contribution >= 0.6 is 0 Å². The van der Waals surface area contributed by atoms with E-state index in [0.717, 1.165) is 25.7 Å². The van der Waals surface area contributed by atoms with Gasteiger partial charge in [0.1, 0.15) is 5.78 Å². The van der Waals surface area contributed by atoms with Crippen molar-refractivity contribution in [1.29, 1.82) is 0 Å². The lowest BCUT2D eigenvalue weighted by molar-refractivity contribution is -0.132. The molecule has 1 nitrogen and oxygen atoms in total. The third-order valence-corrected chi connectivity index (χ3v) is 4.33. The summed E-state index contributed by atoms with van der Waals surface area (Å²) in [6.07, 6.45) is 8.38. The van der Waals surface area contributed by atoms with E-state index in [0.29, 0.717) is 12.2 Å². The van der Waals surface area contributed by atoms with Gasteiger partial charge in [-0.1, -0.05) is 48.9 Å². The number of hydrogen-bond acceptors (Lipinski definition) is 1. The first-order valence-corrected chi connectivity index (χ1v) is 7.06. The normalized spacial score (nSPS) is 24.7. The van der Waals surface area contributed by atoms with Gasteiger partial charge in [-0.05, 0) is 24.8 Å². The summed E-state index contributed by atoms with van der Waals surface area (Å²) in [4.78, 5) is 12.6. The van der Waals surface area contributed by atoms with E-state index < -0.39 is 0 Å². The van der Waals surface area contributed by atoms with Crippen molar-refractivity contribution >= 4 is 5.78 Å². The number of benzene rings is 1. The second-order valence-electron chi connectivity index (χ2n) is 5.40. The smallest absolute Gasteiger partial charge is 0.140 e. The summed E-state index contributed by atoms with van der Waals surface area (Å²) in [5.41, 5.74) is 0.873. The van der Waals surface area contributed by atoms with E-state index in [2.05, 4.69) is 25.3 Å². The van der Waals surface area contributed by atoms with E-state index in [-0.39, 0.29) is 11.3 Å². The van der Waals surface area contributed by atoms with Crippen molar-refractivity contribution in [3.05, 3.63) is 61.2 Å². The van der Waals surface area contributed by atoms with Crippen LogP contribution in [0.25, 0.3) is 0 Å². The molecule has 1 fully saturated rings. The van der Waals surface area contributed by atoms with Gasteiger partial charge >= 0.3 is 0 Å². The van der Waals surface area contributed by atoms with E-state index in [4.69, 9.17) is 0 Å². The van der Waals surface area contributed by atoms with Gasteiger partial charge in [-0.3, -0.25) is 4.79 Å². The topological polar surface area (TPSA) is 17.1 Å². The molecule has 0 spiro atoms. The van der Waals surface area contributed by atoms with Gasteiger partial charge in [0.2, 0.25) is 0 Å². The molecule has 0 unspecified atom stereocenters.